The van der Waals surface area contributed by atoms with E-state index in [0.29, 0.717) is 5.69 Å². The second-order valence-electron chi connectivity index (χ2n) is 3.95. The van der Waals surface area contributed by atoms with Crippen LogP contribution in [0.1, 0.15) is 23.0 Å². The zero-order valence-electron chi connectivity index (χ0n) is 8.76. The highest BCUT2D eigenvalue weighted by atomic mass is 79.9. The molecule has 2 heterocycles. The van der Waals surface area contributed by atoms with Crippen molar-refractivity contribution in [1.82, 2.24) is 9.63 Å². The van der Waals surface area contributed by atoms with E-state index >= 15 is 0 Å². The molecular weight excluding hydrogens is 272 g/mol. The lowest BCUT2D eigenvalue weighted by Gasteiger charge is -2.36. The molecule has 0 bridgehead atoms. The zero-order chi connectivity index (χ0) is 11.3. The van der Waals surface area contributed by atoms with Gasteiger partial charge in [-0.15, -0.1) is 0 Å². The van der Waals surface area contributed by atoms with Gasteiger partial charge in [0.15, 0.2) is 0 Å². The van der Waals surface area contributed by atoms with E-state index < -0.39 is 0 Å². The van der Waals surface area contributed by atoms with Gasteiger partial charge in [-0.1, -0.05) is 12.2 Å². The van der Waals surface area contributed by atoms with Crippen molar-refractivity contribution < 1.29 is 9.63 Å². The molecule has 2 aliphatic rings. The summed E-state index contributed by atoms with van der Waals surface area (Å²) in [4.78, 5) is 17.3. The summed E-state index contributed by atoms with van der Waals surface area (Å²) in [5, 5.41) is 1.45. The maximum atomic E-state index is 12.1. The summed E-state index contributed by atoms with van der Waals surface area (Å²) in [7, 11) is 1.54. The minimum absolute atomic E-state index is 0.00806. The Morgan fingerprint density at radius 1 is 1.50 bits per heavy atom. The van der Waals surface area contributed by atoms with Crippen LogP contribution in [-0.4, -0.2) is 28.7 Å². The predicted octanol–water partition coefficient (Wildman–Crippen LogP) is 2.14. The molecule has 1 aliphatic carbocycles. The fourth-order valence-electron chi connectivity index (χ4n) is 2.51. The highest BCUT2D eigenvalue weighted by Gasteiger charge is 2.41. The van der Waals surface area contributed by atoms with Crippen LogP contribution in [0.3, 0.4) is 0 Å². The molecule has 16 heavy (non-hydrogen) atoms. The largest absolute Gasteiger partial charge is 0.325 e. The molecule has 1 aromatic rings. The van der Waals surface area contributed by atoms with E-state index in [2.05, 4.69) is 22.0 Å². The number of carbonyl (C=O) groups is 1. The second kappa shape index (κ2) is 3.46. The number of allylic oxidation sites excluding steroid dienone is 1. The summed E-state index contributed by atoms with van der Waals surface area (Å²) in [5.41, 5.74) is 0.679. The van der Waals surface area contributed by atoms with E-state index in [0.717, 1.165) is 11.0 Å². The number of carbonyl (C=O) groups excluding carboxylic acids is 1. The van der Waals surface area contributed by atoms with Crippen molar-refractivity contribution in [2.45, 2.75) is 18.5 Å². The van der Waals surface area contributed by atoms with Crippen LogP contribution in [0, 0.1) is 0 Å². The monoisotopic (exact) mass is 282 g/mol. The Balaban J connectivity index is 2.16. The molecule has 3 rings (SSSR count). The molecule has 0 saturated carbocycles. The van der Waals surface area contributed by atoms with Gasteiger partial charge in [0.2, 0.25) is 0 Å². The van der Waals surface area contributed by atoms with Crippen LogP contribution in [-0.2, 0) is 4.84 Å². The summed E-state index contributed by atoms with van der Waals surface area (Å²) in [6, 6.07) is 3.99. The Hall–Kier alpha value is -1.07. The Bertz CT molecular complexity index is 480. The SMILES string of the molecule is CON1C(=O)c2ccc(Br)n2[C@@H]2CC=C[C@@H]21. The van der Waals surface area contributed by atoms with E-state index in [4.69, 9.17) is 4.84 Å². The number of hydrogen-bond acceptors (Lipinski definition) is 2. The lowest BCUT2D eigenvalue weighted by atomic mass is 10.1. The summed E-state index contributed by atoms with van der Waals surface area (Å²) < 4.78 is 2.99. The summed E-state index contributed by atoms with van der Waals surface area (Å²) in [5.74, 6) is -0.0824. The smallest absolute Gasteiger partial charge is 0.294 e. The Morgan fingerprint density at radius 3 is 3.06 bits per heavy atom. The van der Waals surface area contributed by atoms with Gasteiger partial charge in [-0.25, -0.2) is 5.06 Å². The Labute approximate surface area is 102 Å². The van der Waals surface area contributed by atoms with Gasteiger partial charge in [0.1, 0.15) is 5.69 Å². The average Bonchev–Trinajstić information content (AvgIpc) is 2.85. The maximum Gasteiger partial charge on any atom is 0.294 e. The quantitative estimate of drug-likeness (QED) is 0.740. The van der Waals surface area contributed by atoms with Gasteiger partial charge < -0.3 is 4.57 Å². The van der Waals surface area contributed by atoms with Crippen molar-refractivity contribution in [2.24, 2.45) is 0 Å². The minimum atomic E-state index is -0.0824. The number of halogens is 1. The van der Waals surface area contributed by atoms with Crippen LogP contribution in [0.25, 0.3) is 0 Å². The van der Waals surface area contributed by atoms with Crippen LogP contribution in [0.15, 0.2) is 28.9 Å². The number of amides is 1. The molecule has 1 amide bonds. The first-order valence-electron chi connectivity index (χ1n) is 5.15. The summed E-state index contributed by atoms with van der Waals surface area (Å²) in [6.07, 6.45) is 5.05. The maximum absolute atomic E-state index is 12.1. The first kappa shape index (κ1) is 10.1. The Kier molecular flexibility index (Phi) is 2.19. The first-order valence-corrected chi connectivity index (χ1v) is 5.94. The lowest BCUT2D eigenvalue weighted by Crippen LogP contribution is -2.47. The summed E-state index contributed by atoms with van der Waals surface area (Å²) in [6.45, 7) is 0. The molecule has 0 N–H and O–H groups in total. The number of fused-ring (bicyclic) bond motifs is 3. The molecule has 1 aromatic heterocycles. The van der Waals surface area contributed by atoms with Gasteiger partial charge in [-0.3, -0.25) is 9.63 Å². The van der Waals surface area contributed by atoms with Gasteiger partial charge in [0, 0.05) is 0 Å². The fraction of sp³-hybridized carbons (Fsp3) is 0.364. The normalized spacial score (nSPS) is 27.1. The van der Waals surface area contributed by atoms with Crippen LogP contribution < -0.4 is 0 Å². The van der Waals surface area contributed by atoms with E-state index in [-0.39, 0.29) is 18.0 Å². The van der Waals surface area contributed by atoms with Gasteiger partial charge in [0.25, 0.3) is 5.91 Å². The molecule has 5 heteroatoms. The number of hydroxylamine groups is 2. The molecule has 0 fully saturated rings. The molecule has 84 valence electrons. The third kappa shape index (κ3) is 1.15. The third-order valence-corrected chi connectivity index (χ3v) is 3.84. The highest BCUT2D eigenvalue weighted by molar-refractivity contribution is 9.10. The molecular formula is C11H11BrN2O2. The van der Waals surface area contributed by atoms with E-state index in [1.807, 2.05) is 22.8 Å². The highest BCUT2D eigenvalue weighted by Crippen LogP contribution is 2.37. The van der Waals surface area contributed by atoms with Crippen LogP contribution in [0.2, 0.25) is 0 Å². The van der Waals surface area contributed by atoms with Crippen molar-refractivity contribution in [3.05, 3.63) is 34.6 Å². The van der Waals surface area contributed by atoms with E-state index in [1.165, 1.54) is 12.2 Å². The van der Waals surface area contributed by atoms with Gasteiger partial charge >= 0.3 is 0 Å². The van der Waals surface area contributed by atoms with Gasteiger partial charge in [-0.2, -0.15) is 0 Å². The number of hydrogen-bond donors (Lipinski definition) is 0. The minimum Gasteiger partial charge on any atom is -0.325 e. The van der Waals surface area contributed by atoms with Crippen LogP contribution >= 0.6 is 15.9 Å². The van der Waals surface area contributed by atoms with Gasteiger partial charge in [0.05, 0.1) is 23.8 Å². The predicted molar refractivity (Wildman–Crippen MR) is 61.9 cm³/mol. The fourth-order valence-corrected chi connectivity index (χ4v) is 3.09. The topological polar surface area (TPSA) is 34.5 Å². The zero-order valence-corrected chi connectivity index (χ0v) is 10.3. The molecule has 4 nitrogen and oxygen atoms in total. The third-order valence-electron chi connectivity index (χ3n) is 3.19. The van der Waals surface area contributed by atoms with Crippen molar-refractivity contribution in [3.63, 3.8) is 0 Å². The Morgan fingerprint density at radius 2 is 2.31 bits per heavy atom. The number of nitrogens with zero attached hydrogens (tertiary/aromatic N) is 2. The number of rotatable bonds is 1. The van der Waals surface area contributed by atoms with E-state index in [9.17, 15) is 4.79 Å². The molecule has 0 radical (unpaired) electrons. The first-order chi connectivity index (χ1) is 7.74. The van der Waals surface area contributed by atoms with Crippen molar-refractivity contribution in [1.29, 1.82) is 0 Å². The van der Waals surface area contributed by atoms with Crippen molar-refractivity contribution in [3.8, 4) is 0 Å². The summed E-state index contributed by atoms with van der Waals surface area (Å²) >= 11 is 3.48. The van der Waals surface area contributed by atoms with Crippen LogP contribution in [0.5, 0.6) is 0 Å². The molecule has 0 aromatic carbocycles. The molecule has 2 atom stereocenters. The van der Waals surface area contributed by atoms with Crippen molar-refractivity contribution >= 4 is 21.8 Å². The van der Waals surface area contributed by atoms with Gasteiger partial charge in [-0.05, 0) is 34.5 Å². The van der Waals surface area contributed by atoms with Crippen molar-refractivity contribution in [2.75, 3.05) is 7.11 Å². The standard InChI is InChI=1S/C11H11BrN2O2/c1-16-14-8-4-2-3-7(8)13-9(11(14)15)5-6-10(13)12/h2,4-8H,3H2,1H3/t7-,8+/m1/s1. The lowest BCUT2D eigenvalue weighted by molar-refractivity contribution is -0.126. The molecule has 0 saturated heterocycles. The second-order valence-corrected chi connectivity index (χ2v) is 4.76. The number of aromatic nitrogens is 1. The molecule has 0 spiro atoms. The van der Waals surface area contributed by atoms with Crippen LogP contribution in [0.4, 0.5) is 0 Å². The molecule has 1 aliphatic heterocycles. The van der Waals surface area contributed by atoms with E-state index in [1.54, 1.807) is 0 Å². The molecule has 0 unspecified atom stereocenters. The average molecular weight is 283 g/mol.